The molecule has 19 heavy (non-hydrogen) atoms. The predicted molar refractivity (Wildman–Crippen MR) is 78.8 cm³/mol. The standard InChI is InChI=1S/C14H31NO4.H2/c1-13(2)15-5-6-16-7-8-17-9-10-18-11-12-19-14(3)4;/h13-15H,5-12H2,1-4H3;1H. The molecule has 0 rings (SSSR count). The molecule has 118 valence electrons. The van der Waals surface area contributed by atoms with Gasteiger partial charge in [0.05, 0.1) is 52.4 Å². The second-order valence-electron chi connectivity index (χ2n) is 4.87. The summed E-state index contributed by atoms with van der Waals surface area (Å²) in [5.41, 5.74) is 0. The number of hydrogen-bond acceptors (Lipinski definition) is 5. The summed E-state index contributed by atoms with van der Waals surface area (Å²) in [6.07, 6.45) is 0.266. The van der Waals surface area contributed by atoms with E-state index in [9.17, 15) is 0 Å². The molecule has 0 aromatic heterocycles. The molecule has 5 nitrogen and oxygen atoms in total. The Morgan fingerprint density at radius 3 is 1.68 bits per heavy atom. The Morgan fingerprint density at radius 2 is 1.21 bits per heavy atom. The molecule has 0 aliphatic rings. The first-order valence-electron chi connectivity index (χ1n) is 7.21. The molecule has 0 aromatic rings. The van der Waals surface area contributed by atoms with Crippen molar-refractivity contribution in [1.82, 2.24) is 5.32 Å². The first-order chi connectivity index (χ1) is 9.13. The van der Waals surface area contributed by atoms with Gasteiger partial charge in [-0.3, -0.25) is 0 Å². The van der Waals surface area contributed by atoms with Crippen molar-refractivity contribution in [2.45, 2.75) is 39.8 Å². The van der Waals surface area contributed by atoms with Crippen LogP contribution in [0.1, 0.15) is 29.1 Å². The van der Waals surface area contributed by atoms with E-state index in [0.717, 1.165) is 13.2 Å². The topological polar surface area (TPSA) is 49.0 Å². The number of rotatable bonds is 14. The van der Waals surface area contributed by atoms with Gasteiger partial charge >= 0.3 is 0 Å². The summed E-state index contributed by atoms with van der Waals surface area (Å²) in [5, 5.41) is 3.29. The summed E-state index contributed by atoms with van der Waals surface area (Å²) >= 11 is 0. The highest BCUT2D eigenvalue weighted by Gasteiger charge is 1.95. The maximum atomic E-state index is 5.41. The molecule has 0 saturated heterocycles. The minimum absolute atomic E-state index is 0. The predicted octanol–water partition coefficient (Wildman–Crippen LogP) is 1.71. The molecular weight excluding hydrogens is 246 g/mol. The molecule has 0 aliphatic heterocycles. The second-order valence-corrected chi connectivity index (χ2v) is 4.87. The van der Waals surface area contributed by atoms with Crippen molar-refractivity contribution in [3.63, 3.8) is 0 Å². The molecular formula is C14H33NO4. The Bertz CT molecular complexity index is 165. The smallest absolute Gasteiger partial charge is 0.0703 e. The summed E-state index contributed by atoms with van der Waals surface area (Å²) in [7, 11) is 0. The molecule has 0 bridgehead atoms. The highest BCUT2D eigenvalue weighted by molar-refractivity contribution is 4.50. The van der Waals surface area contributed by atoms with E-state index in [1.165, 1.54) is 0 Å². The fourth-order valence-electron chi connectivity index (χ4n) is 1.30. The maximum Gasteiger partial charge on any atom is 0.0703 e. The van der Waals surface area contributed by atoms with Crippen LogP contribution < -0.4 is 5.32 Å². The lowest BCUT2D eigenvalue weighted by molar-refractivity contribution is -0.0115. The minimum atomic E-state index is 0. The van der Waals surface area contributed by atoms with E-state index in [-0.39, 0.29) is 7.53 Å². The largest absolute Gasteiger partial charge is 0.378 e. The van der Waals surface area contributed by atoms with Gasteiger partial charge < -0.3 is 24.3 Å². The molecule has 1 N–H and O–H groups in total. The van der Waals surface area contributed by atoms with Gasteiger partial charge in [-0.15, -0.1) is 0 Å². The highest BCUT2D eigenvalue weighted by Crippen LogP contribution is 1.87. The second kappa shape index (κ2) is 14.2. The van der Waals surface area contributed by atoms with E-state index in [1.54, 1.807) is 0 Å². The highest BCUT2D eigenvalue weighted by atomic mass is 16.6. The van der Waals surface area contributed by atoms with E-state index >= 15 is 0 Å². The van der Waals surface area contributed by atoms with E-state index in [4.69, 9.17) is 18.9 Å². The molecule has 5 heteroatoms. The molecule has 0 spiro atoms. The van der Waals surface area contributed by atoms with E-state index in [0.29, 0.717) is 45.7 Å². The van der Waals surface area contributed by atoms with Gasteiger partial charge in [0.25, 0.3) is 0 Å². The van der Waals surface area contributed by atoms with Crippen LogP contribution in [0.2, 0.25) is 0 Å². The Labute approximate surface area is 119 Å². The lowest BCUT2D eigenvalue weighted by Gasteiger charge is -2.09. The minimum Gasteiger partial charge on any atom is -0.378 e. The average Bonchev–Trinajstić information content (AvgIpc) is 2.34. The number of hydrogen-bond donors (Lipinski definition) is 1. The van der Waals surface area contributed by atoms with Crippen LogP contribution in [0.4, 0.5) is 0 Å². The lowest BCUT2D eigenvalue weighted by Crippen LogP contribution is -2.27. The van der Waals surface area contributed by atoms with Crippen molar-refractivity contribution in [2.75, 3.05) is 52.8 Å². The van der Waals surface area contributed by atoms with Crippen LogP contribution in [0.3, 0.4) is 0 Å². The summed E-state index contributed by atoms with van der Waals surface area (Å²) in [6.45, 7) is 13.6. The summed E-state index contributed by atoms with van der Waals surface area (Å²) in [5.74, 6) is 0. The first kappa shape index (κ1) is 18.8. The molecule has 0 heterocycles. The average molecular weight is 279 g/mol. The molecule has 0 amide bonds. The zero-order valence-corrected chi connectivity index (χ0v) is 12.9. The molecule has 0 atom stereocenters. The lowest BCUT2D eigenvalue weighted by atomic mass is 10.4. The fourth-order valence-corrected chi connectivity index (χ4v) is 1.30. The molecule has 0 fully saturated rings. The van der Waals surface area contributed by atoms with E-state index in [1.807, 2.05) is 13.8 Å². The van der Waals surface area contributed by atoms with Crippen LogP contribution in [0.5, 0.6) is 0 Å². The molecule has 0 unspecified atom stereocenters. The number of ether oxygens (including phenoxy) is 4. The van der Waals surface area contributed by atoms with Gasteiger partial charge in [-0.05, 0) is 13.8 Å². The van der Waals surface area contributed by atoms with Gasteiger partial charge in [-0.1, -0.05) is 13.8 Å². The third kappa shape index (κ3) is 17.8. The monoisotopic (exact) mass is 279 g/mol. The zero-order chi connectivity index (χ0) is 14.3. The van der Waals surface area contributed by atoms with Crippen LogP contribution in [-0.4, -0.2) is 64.9 Å². The van der Waals surface area contributed by atoms with Crippen molar-refractivity contribution in [2.24, 2.45) is 0 Å². The molecule has 0 saturated carbocycles. The molecule has 0 radical (unpaired) electrons. The molecule has 0 aliphatic carbocycles. The van der Waals surface area contributed by atoms with Crippen molar-refractivity contribution >= 4 is 0 Å². The summed E-state index contributed by atoms with van der Waals surface area (Å²) < 4.78 is 21.5. The van der Waals surface area contributed by atoms with Crippen LogP contribution in [0.25, 0.3) is 0 Å². The van der Waals surface area contributed by atoms with Crippen molar-refractivity contribution in [3.8, 4) is 0 Å². The van der Waals surface area contributed by atoms with Gasteiger partial charge in [0, 0.05) is 14.0 Å². The van der Waals surface area contributed by atoms with Crippen LogP contribution in [0, 0.1) is 0 Å². The quantitative estimate of drug-likeness (QED) is 0.491. The Morgan fingerprint density at radius 1 is 0.737 bits per heavy atom. The third-order valence-corrected chi connectivity index (χ3v) is 2.22. The normalized spacial score (nSPS) is 11.7. The SMILES string of the molecule is CC(C)NCCOCCOCCOCCOC(C)C.[HH]. The van der Waals surface area contributed by atoms with Crippen LogP contribution >= 0.6 is 0 Å². The van der Waals surface area contributed by atoms with Gasteiger partial charge in [0.2, 0.25) is 0 Å². The van der Waals surface area contributed by atoms with Gasteiger partial charge in [0.15, 0.2) is 0 Å². The Hall–Kier alpha value is -0.200. The number of nitrogens with one attached hydrogen (secondary N) is 1. The first-order valence-corrected chi connectivity index (χ1v) is 7.21. The Balaban J connectivity index is 0. The summed E-state index contributed by atoms with van der Waals surface area (Å²) in [6, 6.07) is 0.511. The van der Waals surface area contributed by atoms with Crippen molar-refractivity contribution in [1.29, 1.82) is 0 Å². The van der Waals surface area contributed by atoms with Gasteiger partial charge in [-0.25, -0.2) is 0 Å². The van der Waals surface area contributed by atoms with Gasteiger partial charge in [-0.2, -0.15) is 0 Å². The maximum absolute atomic E-state index is 5.41. The van der Waals surface area contributed by atoms with Crippen LogP contribution in [0.15, 0.2) is 0 Å². The Kier molecular flexibility index (Phi) is 14.1. The van der Waals surface area contributed by atoms with Crippen molar-refractivity contribution in [3.05, 3.63) is 0 Å². The van der Waals surface area contributed by atoms with E-state index in [2.05, 4.69) is 19.2 Å². The molecule has 0 aromatic carbocycles. The summed E-state index contributed by atoms with van der Waals surface area (Å²) in [4.78, 5) is 0. The fraction of sp³-hybridized carbons (Fsp3) is 1.00. The third-order valence-electron chi connectivity index (χ3n) is 2.22. The van der Waals surface area contributed by atoms with E-state index < -0.39 is 0 Å². The van der Waals surface area contributed by atoms with Crippen LogP contribution in [-0.2, 0) is 18.9 Å². The van der Waals surface area contributed by atoms with Crippen molar-refractivity contribution < 1.29 is 20.4 Å². The zero-order valence-electron chi connectivity index (χ0n) is 12.9. The van der Waals surface area contributed by atoms with Gasteiger partial charge in [0.1, 0.15) is 0 Å².